The summed E-state index contributed by atoms with van der Waals surface area (Å²) in [4.78, 5) is 26.2. The highest BCUT2D eigenvalue weighted by molar-refractivity contribution is 8.00. The number of aromatic nitrogens is 2. The molecule has 3 N–H and O–H groups in total. The predicted molar refractivity (Wildman–Crippen MR) is 119 cm³/mol. The Balaban J connectivity index is 1.76. The van der Waals surface area contributed by atoms with Crippen molar-refractivity contribution in [2.24, 2.45) is 5.73 Å². The average molecular weight is 492 g/mol. The molecule has 12 heteroatoms. The van der Waals surface area contributed by atoms with Crippen LogP contribution in [0.3, 0.4) is 0 Å². The van der Waals surface area contributed by atoms with Gasteiger partial charge in [0, 0.05) is 23.5 Å². The van der Waals surface area contributed by atoms with E-state index in [1.165, 1.54) is 28.8 Å². The Labute approximate surface area is 197 Å². The number of nitrogens with two attached hydrogens (primary N) is 1. The number of aromatic amines is 1. The summed E-state index contributed by atoms with van der Waals surface area (Å²) in [6.45, 7) is 0.406. The Morgan fingerprint density at radius 2 is 2.15 bits per heavy atom. The van der Waals surface area contributed by atoms with Gasteiger partial charge in [0.1, 0.15) is 18.2 Å². The van der Waals surface area contributed by atoms with E-state index in [9.17, 15) is 14.0 Å². The van der Waals surface area contributed by atoms with Crippen LogP contribution in [0.15, 0.2) is 50.5 Å². The molecule has 0 unspecified atom stereocenters. The van der Waals surface area contributed by atoms with Crippen molar-refractivity contribution in [2.45, 2.75) is 18.0 Å². The molecule has 0 aliphatic carbocycles. The van der Waals surface area contributed by atoms with Gasteiger partial charge < -0.3 is 19.8 Å². The highest BCUT2D eigenvalue weighted by atomic mass is 35.5. The molecular weight excluding hydrogens is 473 g/mol. The van der Waals surface area contributed by atoms with Crippen LogP contribution in [0.5, 0.6) is 5.75 Å². The second kappa shape index (κ2) is 11.5. The molecule has 0 atom stereocenters. The first kappa shape index (κ1) is 24.3. The van der Waals surface area contributed by atoms with E-state index >= 15 is 0 Å². The van der Waals surface area contributed by atoms with Crippen LogP contribution in [0.25, 0.3) is 0 Å². The molecule has 1 aromatic heterocycles. The molecule has 9 nitrogen and oxygen atoms in total. The van der Waals surface area contributed by atoms with Crippen molar-refractivity contribution in [3.8, 4) is 11.8 Å². The normalized spacial score (nSPS) is 10.6. The van der Waals surface area contributed by atoms with Gasteiger partial charge in [-0.3, -0.25) is 4.79 Å². The van der Waals surface area contributed by atoms with E-state index in [1.807, 2.05) is 6.07 Å². The molecular formula is C21H19ClFN5O4S. The van der Waals surface area contributed by atoms with Gasteiger partial charge in [0.05, 0.1) is 29.0 Å². The fraction of sp³-hybridized carbons (Fsp3) is 0.238. The number of halogens is 2. The molecule has 172 valence electrons. The number of nitriles is 1. The molecule has 2 aromatic carbocycles. The van der Waals surface area contributed by atoms with E-state index in [-0.39, 0.29) is 41.8 Å². The number of rotatable bonds is 10. The number of carbonyl (C=O) groups is 1. The minimum absolute atomic E-state index is 0.0254. The summed E-state index contributed by atoms with van der Waals surface area (Å²) in [5.41, 5.74) is 5.80. The van der Waals surface area contributed by atoms with Crippen molar-refractivity contribution in [1.82, 2.24) is 15.1 Å². The Morgan fingerprint density at radius 3 is 2.82 bits per heavy atom. The average Bonchev–Trinajstić information content (AvgIpc) is 3.22. The van der Waals surface area contributed by atoms with Crippen LogP contribution in [0.4, 0.5) is 4.39 Å². The summed E-state index contributed by atoms with van der Waals surface area (Å²) < 4.78 is 24.8. The molecule has 0 radical (unpaired) electrons. The van der Waals surface area contributed by atoms with Gasteiger partial charge in [0.15, 0.2) is 0 Å². The molecule has 0 spiro atoms. The van der Waals surface area contributed by atoms with Crippen LogP contribution >= 0.6 is 23.4 Å². The molecule has 0 saturated heterocycles. The van der Waals surface area contributed by atoms with Crippen molar-refractivity contribution in [1.29, 1.82) is 5.26 Å². The van der Waals surface area contributed by atoms with Crippen LogP contribution in [-0.2, 0) is 17.9 Å². The quantitative estimate of drug-likeness (QED) is 0.413. The number of ether oxygens (including phenoxy) is 1. The topological polar surface area (TPSA) is 138 Å². The third-order valence-corrected chi connectivity index (χ3v) is 5.83. The van der Waals surface area contributed by atoms with Gasteiger partial charge in [-0.1, -0.05) is 17.7 Å². The summed E-state index contributed by atoms with van der Waals surface area (Å²) in [6, 6.07) is 10.9. The number of thioether (sulfide) groups is 1. The maximum Gasteiger partial charge on any atom is 0.434 e. The number of nitrogens with one attached hydrogen (secondary N) is 1. The van der Waals surface area contributed by atoms with Gasteiger partial charge in [0.25, 0.3) is 0 Å². The molecule has 0 aliphatic heterocycles. The van der Waals surface area contributed by atoms with Gasteiger partial charge in [-0.15, -0.1) is 16.9 Å². The van der Waals surface area contributed by atoms with E-state index in [0.29, 0.717) is 28.8 Å². The van der Waals surface area contributed by atoms with Crippen LogP contribution in [0, 0.1) is 17.1 Å². The molecule has 3 rings (SSSR count). The van der Waals surface area contributed by atoms with Crippen LogP contribution in [0.2, 0.25) is 5.02 Å². The Morgan fingerprint density at radius 1 is 1.33 bits per heavy atom. The molecule has 3 aromatic rings. The zero-order valence-corrected chi connectivity index (χ0v) is 18.8. The SMILES string of the molecule is N#Cc1ccc(CN(Cc2n[nH]c(=O)o2)C(=O)CSc2cc(OCCN)ccc2Cl)c(F)c1. The lowest BCUT2D eigenvalue weighted by Gasteiger charge is -2.21. The second-order valence-electron chi connectivity index (χ2n) is 6.69. The lowest BCUT2D eigenvalue weighted by Crippen LogP contribution is -2.32. The number of hydrogen-bond donors (Lipinski definition) is 2. The number of benzene rings is 2. The minimum Gasteiger partial charge on any atom is -0.492 e. The largest absolute Gasteiger partial charge is 0.492 e. The molecule has 0 bridgehead atoms. The smallest absolute Gasteiger partial charge is 0.434 e. The molecule has 1 heterocycles. The zero-order valence-electron chi connectivity index (χ0n) is 17.2. The standard InChI is InChI=1S/C21H19ClFN5O4S/c22-16-4-3-15(31-6-5-24)8-18(16)33-12-20(29)28(11-19-26-27-21(30)32-19)10-14-2-1-13(9-25)7-17(14)23/h1-4,7-8H,5-6,10-12,24H2,(H,27,30). The summed E-state index contributed by atoms with van der Waals surface area (Å²) in [7, 11) is 0. The summed E-state index contributed by atoms with van der Waals surface area (Å²) in [5, 5.41) is 15.2. The Hall–Kier alpha value is -3.33. The van der Waals surface area contributed by atoms with E-state index in [1.54, 1.807) is 18.2 Å². The molecule has 0 aliphatic rings. The highest BCUT2D eigenvalue weighted by Gasteiger charge is 2.20. The van der Waals surface area contributed by atoms with E-state index in [2.05, 4.69) is 10.2 Å². The predicted octanol–water partition coefficient (Wildman–Crippen LogP) is 2.69. The monoisotopic (exact) mass is 491 g/mol. The first-order valence-corrected chi connectivity index (χ1v) is 11.0. The lowest BCUT2D eigenvalue weighted by atomic mass is 10.1. The van der Waals surface area contributed by atoms with Gasteiger partial charge in [0.2, 0.25) is 11.8 Å². The summed E-state index contributed by atoms with van der Waals surface area (Å²) in [5.74, 6) is -1.27. The number of carbonyl (C=O) groups excluding carboxylic acids is 1. The van der Waals surface area contributed by atoms with Gasteiger partial charge >= 0.3 is 5.76 Å². The highest BCUT2D eigenvalue weighted by Crippen LogP contribution is 2.31. The van der Waals surface area contributed by atoms with Crippen molar-refractivity contribution in [3.05, 3.63) is 74.8 Å². The van der Waals surface area contributed by atoms with Crippen LogP contribution in [0.1, 0.15) is 17.0 Å². The van der Waals surface area contributed by atoms with Crippen molar-refractivity contribution >= 4 is 29.3 Å². The first-order valence-electron chi connectivity index (χ1n) is 9.65. The van der Waals surface area contributed by atoms with E-state index in [0.717, 1.165) is 6.07 Å². The van der Waals surface area contributed by atoms with E-state index < -0.39 is 11.6 Å². The summed E-state index contributed by atoms with van der Waals surface area (Å²) >= 11 is 7.42. The van der Waals surface area contributed by atoms with Crippen molar-refractivity contribution in [2.75, 3.05) is 18.9 Å². The van der Waals surface area contributed by atoms with Gasteiger partial charge in [-0.05, 0) is 30.3 Å². The number of H-pyrrole nitrogens is 1. The number of hydrogen-bond acceptors (Lipinski definition) is 8. The van der Waals surface area contributed by atoms with Crippen molar-refractivity contribution in [3.63, 3.8) is 0 Å². The third-order valence-electron chi connectivity index (χ3n) is 4.34. The maximum absolute atomic E-state index is 14.4. The Bertz CT molecular complexity index is 1230. The molecule has 0 saturated carbocycles. The first-order chi connectivity index (χ1) is 15.9. The fourth-order valence-corrected chi connectivity index (χ4v) is 3.91. The second-order valence-corrected chi connectivity index (χ2v) is 8.12. The Kier molecular flexibility index (Phi) is 8.48. The minimum atomic E-state index is -0.766. The van der Waals surface area contributed by atoms with Crippen molar-refractivity contribution < 1.29 is 18.3 Å². The van der Waals surface area contributed by atoms with Crippen LogP contribution < -0.4 is 16.2 Å². The van der Waals surface area contributed by atoms with Gasteiger partial charge in [-0.2, -0.15) is 5.26 Å². The molecule has 0 fully saturated rings. The summed E-state index contributed by atoms with van der Waals surface area (Å²) in [6.07, 6.45) is 0. The number of amides is 1. The van der Waals surface area contributed by atoms with Gasteiger partial charge in [-0.25, -0.2) is 14.3 Å². The zero-order chi connectivity index (χ0) is 23.8. The van der Waals surface area contributed by atoms with Crippen LogP contribution in [-0.4, -0.2) is 39.9 Å². The lowest BCUT2D eigenvalue weighted by molar-refractivity contribution is -0.129. The fourth-order valence-electron chi connectivity index (χ4n) is 2.77. The number of nitrogens with zero attached hydrogens (tertiary/aromatic N) is 3. The third kappa shape index (κ3) is 6.82. The van der Waals surface area contributed by atoms with E-state index in [4.69, 9.17) is 31.8 Å². The molecule has 1 amide bonds. The maximum atomic E-state index is 14.4. The molecule has 33 heavy (non-hydrogen) atoms.